The molecule has 2 amide bonds. The number of nitriles is 1. The Morgan fingerprint density at radius 3 is 2.55 bits per heavy atom. The van der Waals surface area contributed by atoms with Crippen LogP contribution in [0.5, 0.6) is 0 Å². The number of amides is 2. The third-order valence-electron chi connectivity index (χ3n) is 7.23. The molecule has 0 fully saturated rings. The Bertz CT molecular complexity index is 1600. The van der Waals surface area contributed by atoms with Crippen LogP contribution in [0.2, 0.25) is 5.02 Å². The minimum absolute atomic E-state index is 0.0238. The van der Waals surface area contributed by atoms with E-state index in [1.54, 1.807) is 48.6 Å². The van der Waals surface area contributed by atoms with E-state index in [0.29, 0.717) is 34.6 Å². The standard InChI is InChI=1S/C32H27ClF3N3O3/c1-19-27(20(2)40)28(22-9-4-3-8-21(17-37)14-15-22)29(30(41)38-18-23-10-5-6-13-26(23)33)31(42)39(19)25-12-7-11-24(16-25)32(34,35)36/h4-7,9-16,28-29H,3,8,18H2,1-2H3,(H,38,41)/b9-4-,21-14+,22-15+. The summed E-state index contributed by atoms with van der Waals surface area (Å²) in [6.07, 6.45) is 3.06. The fourth-order valence-electron chi connectivity index (χ4n) is 5.23. The molecule has 0 saturated carbocycles. The van der Waals surface area contributed by atoms with E-state index in [-0.39, 0.29) is 23.5 Å². The minimum Gasteiger partial charge on any atom is -0.351 e. The number of anilines is 1. The van der Waals surface area contributed by atoms with Crippen molar-refractivity contribution in [2.45, 2.75) is 39.4 Å². The lowest BCUT2D eigenvalue weighted by atomic mass is 9.73. The Balaban J connectivity index is 1.89. The van der Waals surface area contributed by atoms with E-state index in [1.165, 1.54) is 26.0 Å². The van der Waals surface area contributed by atoms with Crippen LogP contribution in [0, 0.1) is 23.2 Å². The molecule has 1 heterocycles. The van der Waals surface area contributed by atoms with Gasteiger partial charge in [0.25, 0.3) is 0 Å². The molecule has 42 heavy (non-hydrogen) atoms. The van der Waals surface area contributed by atoms with Gasteiger partial charge in [-0.3, -0.25) is 19.3 Å². The second-order valence-corrected chi connectivity index (χ2v) is 10.4. The monoisotopic (exact) mass is 593 g/mol. The van der Waals surface area contributed by atoms with Gasteiger partial charge in [-0.25, -0.2) is 0 Å². The third kappa shape index (κ3) is 6.39. The van der Waals surface area contributed by atoms with Gasteiger partial charge in [-0.15, -0.1) is 0 Å². The first-order valence-electron chi connectivity index (χ1n) is 13.2. The van der Waals surface area contributed by atoms with Gasteiger partial charge >= 0.3 is 6.18 Å². The van der Waals surface area contributed by atoms with Gasteiger partial charge in [0.1, 0.15) is 5.92 Å². The van der Waals surface area contributed by atoms with Crippen molar-refractivity contribution in [1.29, 1.82) is 5.26 Å². The maximum absolute atomic E-state index is 14.2. The molecule has 0 spiro atoms. The lowest BCUT2D eigenvalue weighted by Crippen LogP contribution is -2.52. The highest BCUT2D eigenvalue weighted by Crippen LogP contribution is 2.42. The molecule has 2 aromatic rings. The number of alkyl halides is 3. The zero-order chi connectivity index (χ0) is 30.6. The van der Waals surface area contributed by atoms with Gasteiger partial charge < -0.3 is 5.32 Å². The molecule has 2 aromatic carbocycles. The summed E-state index contributed by atoms with van der Waals surface area (Å²) >= 11 is 6.25. The normalized spacial score (nSPS) is 22.6. The van der Waals surface area contributed by atoms with Gasteiger partial charge in [-0.05, 0) is 68.2 Å². The van der Waals surface area contributed by atoms with Gasteiger partial charge in [0, 0.05) is 40.0 Å². The van der Waals surface area contributed by atoms with E-state index >= 15 is 0 Å². The second kappa shape index (κ2) is 12.6. The van der Waals surface area contributed by atoms with Crippen LogP contribution in [-0.4, -0.2) is 17.6 Å². The average molecular weight is 594 g/mol. The van der Waals surface area contributed by atoms with Crippen LogP contribution in [0.3, 0.4) is 0 Å². The van der Waals surface area contributed by atoms with Crippen LogP contribution in [-0.2, 0) is 27.1 Å². The van der Waals surface area contributed by atoms with Gasteiger partial charge in [0.2, 0.25) is 11.8 Å². The van der Waals surface area contributed by atoms with Gasteiger partial charge in [-0.1, -0.05) is 54.1 Å². The summed E-state index contributed by atoms with van der Waals surface area (Å²) in [7, 11) is 0. The number of halogens is 4. The van der Waals surface area contributed by atoms with Crippen LogP contribution in [0.15, 0.2) is 95.3 Å². The summed E-state index contributed by atoms with van der Waals surface area (Å²) in [6.45, 7) is 2.74. The predicted molar refractivity (Wildman–Crippen MR) is 153 cm³/mol. The first-order chi connectivity index (χ1) is 19.9. The van der Waals surface area contributed by atoms with Crippen molar-refractivity contribution >= 4 is 34.9 Å². The lowest BCUT2D eigenvalue weighted by Gasteiger charge is -2.40. The number of carbonyl (C=O) groups excluding carboxylic acids is 3. The predicted octanol–water partition coefficient (Wildman–Crippen LogP) is 6.84. The summed E-state index contributed by atoms with van der Waals surface area (Å²) in [5.41, 5.74) is 0.638. The molecule has 1 aliphatic carbocycles. The molecule has 4 rings (SSSR count). The van der Waals surface area contributed by atoms with Gasteiger partial charge in [0.15, 0.2) is 5.78 Å². The number of hydrogen-bond acceptors (Lipinski definition) is 4. The minimum atomic E-state index is -4.68. The molecule has 0 saturated heterocycles. The Labute approximate surface area is 246 Å². The highest BCUT2D eigenvalue weighted by molar-refractivity contribution is 6.31. The van der Waals surface area contributed by atoms with Crippen LogP contribution in [0.25, 0.3) is 0 Å². The molecule has 2 unspecified atom stereocenters. The maximum Gasteiger partial charge on any atom is 0.416 e. The van der Waals surface area contributed by atoms with Crippen molar-refractivity contribution in [2.75, 3.05) is 4.90 Å². The molecule has 216 valence electrons. The zero-order valence-electron chi connectivity index (χ0n) is 22.8. The van der Waals surface area contributed by atoms with Crippen molar-refractivity contribution in [3.63, 3.8) is 0 Å². The Kier molecular flexibility index (Phi) is 9.17. The van der Waals surface area contributed by atoms with E-state index in [4.69, 9.17) is 11.6 Å². The van der Waals surface area contributed by atoms with E-state index in [0.717, 1.165) is 17.0 Å². The molecule has 0 bridgehead atoms. The molecule has 1 aliphatic heterocycles. The number of allylic oxidation sites excluding steroid dienone is 8. The molecule has 0 radical (unpaired) electrons. The largest absolute Gasteiger partial charge is 0.416 e. The summed E-state index contributed by atoms with van der Waals surface area (Å²) < 4.78 is 40.7. The maximum atomic E-state index is 14.2. The molecule has 1 N–H and O–H groups in total. The fraction of sp³-hybridized carbons (Fsp3) is 0.250. The molecule has 10 heteroatoms. The highest BCUT2D eigenvalue weighted by Gasteiger charge is 2.48. The van der Waals surface area contributed by atoms with E-state index in [2.05, 4.69) is 11.4 Å². The number of ketones is 1. The number of hydrogen-bond donors (Lipinski definition) is 1. The molecular formula is C32H27ClF3N3O3. The van der Waals surface area contributed by atoms with Crippen LogP contribution in [0.4, 0.5) is 18.9 Å². The molecule has 2 aliphatic rings. The number of carbonyl (C=O) groups is 3. The summed E-state index contributed by atoms with van der Waals surface area (Å²) in [5.74, 6) is -4.55. The number of Topliss-reactive ketones (excluding diaryl/α,β-unsaturated/α-hetero) is 1. The van der Waals surface area contributed by atoms with Crippen LogP contribution >= 0.6 is 11.6 Å². The quantitative estimate of drug-likeness (QED) is 0.371. The van der Waals surface area contributed by atoms with E-state index in [9.17, 15) is 32.8 Å². The average Bonchev–Trinajstić information content (AvgIpc) is 2.92. The summed E-state index contributed by atoms with van der Waals surface area (Å²) in [4.78, 5) is 42.3. The Morgan fingerprint density at radius 2 is 1.88 bits per heavy atom. The van der Waals surface area contributed by atoms with Gasteiger partial charge in [-0.2, -0.15) is 18.4 Å². The SMILES string of the molecule is CC(=O)C1=C(C)N(c2cccc(C(F)(F)F)c2)C(=O)C(C(=O)NCc2ccccc2Cl)C1C1=C/C=C(/C#N)CC/C=C\1. The smallest absolute Gasteiger partial charge is 0.351 e. The van der Waals surface area contributed by atoms with E-state index < -0.39 is 41.2 Å². The van der Waals surface area contributed by atoms with Crippen LogP contribution in [0.1, 0.15) is 37.8 Å². The summed E-state index contributed by atoms with van der Waals surface area (Å²) in [6, 6.07) is 13.1. The summed E-state index contributed by atoms with van der Waals surface area (Å²) in [5, 5.41) is 12.6. The Morgan fingerprint density at radius 1 is 1.14 bits per heavy atom. The van der Waals surface area contributed by atoms with Gasteiger partial charge in [0.05, 0.1) is 11.6 Å². The zero-order valence-corrected chi connectivity index (χ0v) is 23.6. The van der Waals surface area contributed by atoms with Crippen molar-refractivity contribution in [1.82, 2.24) is 5.32 Å². The van der Waals surface area contributed by atoms with Crippen LogP contribution < -0.4 is 10.2 Å². The number of rotatable bonds is 6. The first-order valence-corrected chi connectivity index (χ1v) is 13.5. The Hall–Kier alpha value is -4.42. The van der Waals surface area contributed by atoms with E-state index in [1.807, 2.05) is 0 Å². The van der Waals surface area contributed by atoms with Crippen molar-refractivity contribution in [3.8, 4) is 6.07 Å². The first kappa shape index (κ1) is 30.5. The highest BCUT2D eigenvalue weighted by atomic mass is 35.5. The number of benzene rings is 2. The van der Waals surface area contributed by atoms with Crippen molar-refractivity contribution in [2.24, 2.45) is 11.8 Å². The molecular weight excluding hydrogens is 567 g/mol. The third-order valence-corrected chi connectivity index (χ3v) is 7.60. The lowest BCUT2D eigenvalue weighted by molar-refractivity contribution is -0.138. The molecule has 0 aromatic heterocycles. The number of nitrogens with zero attached hydrogens (tertiary/aromatic N) is 2. The number of nitrogens with one attached hydrogen (secondary N) is 1. The topological polar surface area (TPSA) is 90.3 Å². The van der Waals surface area contributed by atoms with Crippen molar-refractivity contribution in [3.05, 3.63) is 111 Å². The molecule has 2 atom stereocenters. The van der Waals surface area contributed by atoms with Crippen molar-refractivity contribution < 1.29 is 27.6 Å². The fourth-order valence-corrected chi connectivity index (χ4v) is 5.43. The molecule has 6 nitrogen and oxygen atoms in total. The second-order valence-electron chi connectivity index (χ2n) is 9.95.